The summed E-state index contributed by atoms with van der Waals surface area (Å²) in [4.78, 5) is 24.4. The summed E-state index contributed by atoms with van der Waals surface area (Å²) >= 11 is 3.15. The predicted molar refractivity (Wildman–Crippen MR) is 71.6 cm³/mol. The third kappa shape index (κ3) is 2.73. The molecular formula is C11H12BrN5O. The number of nitrogens with zero attached hydrogens (tertiary/aromatic N) is 4. The summed E-state index contributed by atoms with van der Waals surface area (Å²) in [5, 5.41) is 2.96. The number of anilines is 1. The van der Waals surface area contributed by atoms with E-state index in [9.17, 15) is 4.79 Å². The van der Waals surface area contributed by atoms with Crippen LogP contribution in [0.3, 0.4) is 0 Å². The smallest absolute Gasteiger partial charge is 0.268 e. The molecule has 0 bridgehead atoms. The largest absolute Gasteiger partial charge is 0.373 e. The van der Waals surface area contributed by atoms with Crippen LogP contribution in [0.5, 0.6) is 0 Å². The lowest BCUT2D eigenvalue weighted by Gasteiger charge is -2.07. The molecule has 0 spiro atoms. The number of hydrogen-bond acceptors (Lipinski definition) is 5. The Balaban J connectivity index is 2.37. The van der Waals surface area contributed by atoms with Crippen molar-refractivity contribution < 1.29 is 0 Å². The molecule has 0 aliphatic heterocycles. The van der Waals surface area contributed by atoms with Crippen LogP contribution in [0.2, 0.25) is 0 Å². The van der Waals surface area contributed by atoms with Gasteiger partial charge in [-0.3, -0.25) is 9.36 Å². The van der Waals surface area contributed by atoms with E-state index < -0.39 is 0 Å². The van der Waals surface area contributed by atoms with E-state index in [1.54, 1.807) is 7.05 Å². The number of halogens is 1. The Hall–Kier alpha value is -1.76. The molecule has 0 unspecified atom stereocenters. The van der Waals surface area contributed by atoms with E-state index in [0.29, 0.717) is 16.8 Å². The van der Waals surface area contributed by atoms with Gasteiger partial charge in [-0.05, 0) is 22.9 Å². The molecule has 0 fully saturated rings. The Morgan fingerprint density at radius 2 is 2.22 bits per heavy atom. The van der Waals surface area contributed by atoms with E-state index in [1.807, 2.05) is 13.0 Å². The maximum atomic E-state index is 11.8. The molecule has 2 aromatic rings. The Bertz CT molecular complexity index is 625. The lowest BCUT2D eigenvalue weighted by atomic mass is 10.4. The van der Waals surface area contributed by atoms with E-state index in [4.69, 9.17) is 0 Å². The minimum absolute atomic E-state index is 0.152. The van der Waals surface area contributed by atoms with Gasteiger partial charge in [0.15, 0.2) is 5.82 Å². The van der Waals surface area contributed by atoms with Gasteiger partial charge in [0.1, 0.15) is 10.3 Å². The Labute approximate surface area is 112 Å². The number of aromatic nitrogens is 4. The second-order valence-electron chi connectivity index (χ2n) is 3.74. The molecule has 0 aliphatic carbocycles. The minimum atomic E-state index is -0.152. The van der Waals surface area contributed by atoms with Crippen LogP contribution in [0, 0.1) is 6.92 Å². The van der Waals surface area contributed by atoms with Crippen LogP contribution >= 0.6 is 15.9 Å². The van der Waals surface area contributed by atoms with E-state index in [1.165, 1.54) is 17.1 Å². The van der Waals surface area contributed by atoms with Crippen molar-refractivity contribution in [2.45, 2.75) is 13.5 Å². The summed E-state index contributed by atoms with van der Waals surface area (Å²) in [6.07, 6.45) is 2.94. The van der Waals surface area contributed by atoms with Gasteiger partial charge in [-0.25, -0.2) is 15.0 Å². The molecule has 0 atom stereocenters. The number of aryl methyl sites for hydroxylation is 1. The molecule has 0 aromatic carbocycles. The molecule has 0 amide bonds. The molecule has 0 radical (unpaired) electrons. The summed E-state index contributed by atoms with van der Waals surface area (Å²) in [7, 11) is 1.79. The predicted octanol–water partition coefficient (Wildman–Crippen LogP) is 1.19. The first-order valence-corrected chi connectivity index (χ1v) is 6.11. The molecule has 2 rings (SSSR count). The summed E-state index contributed by atoms with van der Waals surface area (Å²) in [5.74, 6) is 1.30. The van der Waals surface area contributed by atoms with Gasteiger partial charge in [0, 0.05) is 25.0 Å². The Kier molecular flexibility index (Phi) is 3.71. The number of rotatable bonds is 3. The average molecular weight is 310 g/mol. The molecule has 0 saturated carbocycles. The zero-order chi connectivity index (χ0) is 13.1. The van der Waals surface area contributed by atoms with E-state index in [2.05, 4.69) is 36.2 Å². The van der Waals surface area contributed by atoms with Gasteiger partial charge in [-0.15, -0.1) is 0 Å². The van der Waals surface area contributed by atoms with Gasteiger partial charge in [0.2, 0.25) is 0 Å². The van der Waals surface area contributed by atoms with E-state index in [0.717, 1.165) is 11.5 Å². The van der Waals surface area contributed by atoms with E-state index >= 15 is 0 Å². The normalized spacial score (nSPS) is 10.4. The first kappa shape index (κ1) is 12.7. The second kappa shape index (κ2) is 5.26. The molecule has 2 aromatic heterocycles. The summed E-state index contributed by atoms with van der Waals surface area (Å²) < 4.78 is 1.88. The Morgan fingerprint density at radius 1 is 1.44 bits per heavy atom. The molecule has 1 N–H and O–H groups in total. The van der Waals surface area contributed by atoms with Crippen LogP contribution in [0.15, 0.2) is 27.9 Å². The first-order chi connectivity index (χ1) is 8.60. The van der Waals surface area contributed by atoms with Crippen LogP contribution in [0.4, 0.5) is 5.82 Å². The van der Waals surface area contributed by atoms with Crippen LogP contribution in [-0.4, -0.2) is 26.6 Å². The molecule has 6 nitrogen and oxygen atoms in total. The van der Waals surface area contributed by atoms with Gasteiger partial charge in [0.25, 0.3) is 5.56 Å². The number of hydrogen-bond donors (Lipinski definition) is 1. The van der Waals surface area contributed by atoms with Gasteiger partial charge in [-0.2, -0.15) is 0 Å². The molecule has 94 valence electrons. The third-order valence-corrected chi connectivity index (χ3v) is 2.87. The van der Waals surface area contributed by atoms with Crippen molar-refractivity contribution in [3.63, 3.8) is 0 Å². The topological polar surface area (TPSA) is 72.7 Å². The van der Waals surface area contributed by atoms with Crippen LogP contribution < -0.4 is 10.9 Å². The molecule has 2 heterocycles. The maximum absolute atomic E-state index is 11.8. The third-order valence-electron chi connectivity index (χ3n) is 2.33. The molecule has 0 aliphatic rings. The Morgan fingerprint density at radius 3 is 2.94 bits per heavy atom. The van der Waals surface area contributed by atoms with Crippen molar-refractivity contribution in [2.24, 2.45) is 0 Å². The molecule has 18 heavy (non-hydrogen) atoms. The second-order valence-corrected chi connectivity index (χ2v) is 4.59. The van der Waals surface area contributed by atoms with Gasteiger partial charge >= 0.3 is 0 Å². The monoisotopic (exact) mass is 309 g/mol. The van der Waals surface area contributed by atoms with Crippen LogP contribution in [0.25, 0.3) is 0 Å². The van der Waals surface area contributed by atoms with Gasteiger partial charge < -0.3 is 5.32 Å². The van der Waals surface area contributed by atoms with Crippen molar-refractivity contribution in [3.8, 4) is 0 Å². The lowest BCUT2D eigenvalue weighted by molar-refractivity contribution is 0.691. The van der Waals surface area contributed by atoms with Crippen molar-refractivity contribution in [2.75, 3.05) is 12.4 Å². The SMILES string of the molecule is CNc1cc(C)nc(Cn2cncc(Br)c2=O)n1. The standard InChI is InChI=1S/C11H12BrN5O/c1-7-3-9(13-2)16-10(15-7)5-17-6-14-4-8(12)11(17)18/h3-4,6H,5H2,1-2H3,(H,13,15,16). The van der Waals surface area contributed by atoms with Gasteiger partial charge in [0.05, 0.1) is 12.9 Å². The summed E-state index contributed by atoms with van der Waals surface area (Å²) in [6, 6.07) is 1.84. The van der Waals surface area contributed by atoms with Crippen molar-refractivity contribution in [1.82, 2.24) is 19.5 Å². The molecule has 0 saturated heterocycles. The maximum Gasteiger partial charge on any atom is 0.268 e. The van der Waals surface area contributed by atoms with Crippen molar-refractivity contribution in [1.29, 1.82) is 0 Å². The quantitative estimate of drug-likeness (QED) is 0.922. The fourth-order valence-electron chi connectivity index (χ4n) is 1.52. The fraction of sp³-hybridized carbons (Fsp3) is 0.273. The highest BCUT2D eigenvalue weighted by Crippen LogP contribution is 2.06. The van der Waals surface area contributed by atoms with Gasteiger partial charge in [-0.1, -0.05) is 0 Å². The van der Waals surface area contributed by atoms with E-state index in [-0.39, 0.29) is 5.56 Å². The minimum Gasteiger partial charge on any atom is -0.373 e. The fourth-order valence-corrected chi connectivity index (χ4v) is 1.86. The lowest BCUT2D eigenvalue weighted by Crippen LogP contribution is -2.22. The van der Waals surface area contributed by atoms with Crippen molar-refractivity contribution >= 4 is 21.7 Å². The zero-order valence-electron chi connectivity index (χ0n) is 10.0. The molecular weight excluding hydrogens is 298 g/mol. The number of nitrogens with one attached hydrogen (secondary N) is 1. The summed E-state index contributed by atoms with van der Waals surface area (Å²) in [5.41, 5.74) is 0.696. The van der Waals surface area contributed by atoms with Crippen LogP contribution in [-0.2, 0) is 6.54 Å². The summed E-state index contributed by atoms with van der Waals surface area (Å²) in [6.45, 7) is 2.18. The highest BCUT2D eigenvalue weighted by atomic mass is 79.9. The molecule has 7 heteroatoms. The van der Waals surface area contributed by atoms with Crippen LogP contribution in [0.1, 0.15) is 11.5 Å². The highest BCUT2D eigenvalue weighted by Gasteiger charge is 2.05. The average Bonchev–Trinajstić information content (AvgIpc) is 2.34. The zero-order valence-corrected chi connectivity index (χ0v) is 11.6. The van der Waals surface area contributed by atoms with Crippen molar-refractivity contribution in [3.05, 3.63) is 44.9 Å². The first-order valence-electron chi connectivity index (χ1n) is 5.32. The highest BCUT2D eigenvalue weighted by molar-refractivity contribution is 9.10.